The van der Waals surface area contributed by atoms with Gasteiger partial charge in [-0.25, -0.2) is 0 Å². The Morgan fingerprint density at radius 1 is 0.680 bits per heavy atom. The van der Waals surface area contributed by atoms with Gasteiger partial charge >= 0.3 is 292 Å². The summed E-state index contributed by atoms with van der Waals surface area (Å²) < 4.78 is 11.3. The maximum absolute atomic E-state index is 11.0. The number of phenols is 1. The molecule has 0 spiro atoms. The number of ether oxygens (including phenoxy) is 1. The molecule has 0 radical (unpaired) electrons. The smallest absolute Gasteiger partial charge is 0 e. The molecule has 0 aliphatic heterocycles. The van der Waals surface area contributed by atoms with Crippen LogP contribution < -0.4 is 22.5 Å². The van der Waals surface area contributed by atoms with E-state index in [0.29, 0.717) is 22.9 Å². The quantitative estimate of drug-likeness (QED) is 0.113. The van der Waals surface area contributed by atoms with Crippen LogP contribution in [-0.2, 0) is 27.5 Å². The van der Waals surface area contributed by atoms with E-state index in [0.717, 1.165) is 37.9 Å². The number of benzene rings is 5. The largest absolute Gasteiger partial charge is 0 e. The van der Waals surface area contributed by atoms with Crippen LogP contribution >= 0.6 is 0 Å². The van der Waals surface area contributed by atoms with E-state index >= 15 is 0 Å². The predicted octanol–water partition coefficient (Wildman–Crippen LogP) is 7.68. The van der Waals surface area contributed by atoms with Crippen LogP contribution in [0.4, 0.5) is 0 Å². The van der Waals surface area contributed by atoms with Crippen LogP contribution in [-0.4, -0.2) is 28.3 Å². The van der Waals surface area contributed by atoms with Gasteiger partial charge in [-0.1, -0.05) is 0 Å². The van der Waals surface area contributed by atoms with Gasteiger partial charge < -0.3 is 0 Å². The van der Waals surface area contributed by atoms with Crippen molar-refractivity contribution in [3.8, 4) is 39.8 Å². The summed E-state index contributed by atoms with van der Waals surface area (Å²) in [4.78, 5) is 10.4. The van der Waals surface area contributed by atoms with Crippen LogP contribution in [0.5, 0.6) is 17.2 Å². The standard InChI is InChI=1S/C44H37GeN2O2.Pt/c1-32(2)29-34-31-41(49-38-23-10-5-11-24-38)44(47-43(34)39-25-12-13-26-40(39)48)33-17-16-22-37(30-33)45(35-18-6-3-7-19-35,36-20-8-4-9-21-36)42-27-14-15-28-46-42;/h3-28,31-32,48H,29H2,1-2H3;/q-1;. The molecule has 6 heteroatoms. The molecule has 0 saturated carbocycles. The van der Waals surface area contributed by atoms with Gasteiger partial charge in [0.25, 0.3) is 0 Å². The summed E-state index contributed by atoms with van der Waals surface area (Å²) in [6.45, 7) is 4.38. The fourth-order valence-electron chi connectivity index (χ4n) is 6.62. The van der Waals surface area contributed by atoms with E-state index in [1.807, 2.05) is 60.8 Å². The van der Waals surface area contributed by atoms with Gasteiger partial charge in [0, 0.05) is 21.1 Å². The minimum absolute atomic E-state index is 0. The second kappa shape index (κ2) is 15.8. The zero-order valence-electron chi connectivity index (χ0n) is 27.9. The molecule has 0 atom stereocenters. The van der Waals surface area contributed by atoms with Gasteiger partial charge in [-0.2, -0.15) is 0 Å². The molecule has 2 aromatic heterocycles. The molecule has 2 heterocycles. The molecular weight excluding hydrogens is 856 g/mol. The molecule has 5 aromatic carbocycles. The summed E-state index contributed by atoms with van der Waals surface area (Å²) in [5.74, 6) is 1.92. The summed E-state index contributed by atoms with van der Waals surface area (Å²) in [5.41, 5.74) is 3.92. The SMILES string of the molecule is CC(C)Cc1cc(Oc2ccccc2)c(-c2[c-][c]([Ge]([c]3ccccc3)([c]3ccccc3)[c]3ccccn3)ccc2)nc1-c1ccccc1O.[Pt]. The molecule has 0 amide bonds. The number of rotatable bonds is 10. The number of aromatic hydroxyl groups is 1. The number of pyridine rings is 2. The van der Waals surface area contributed by atoms with E-state index in [1.54, 1.807) is 6.07 Å². The van der Waals surface area contributed by atoms with Crippen LogP contribution in [0.15, 0.2) is 164 Å². The maximum atomic E-state index is 11.0. The third-order valence-corrected chi connectivity index (χ3v) is 18.3. The second-order valence-electron chi connectivity index (χ2n) is 12.5. The van der Waals surface area contributed by atoms with E-state index in [-0.39, 0.29) is 26.8 Å². The van der Waals surface area contributed by atoms with Crippen molar-refractivity contribution >= 4 is 31.0 Å². The molecule has 50 heavy (non-hydrogen) atoms. The van der Waals surface area contributed by atoms with E-state index < -0.39 is 13.3 Å². The predicted molar refractivity (Wildman–Crippen MR) is 202 cm³/mol. The van der Waals surface area contributed by atoms with E-state index in [4.69, 9.17) is 14.7 Å². The summed E-state index contributed by atoms with van der Waals surface area (Å²) in [7, 11) is 0. The number of hydrogen-bond donors (Lipinski definition) is 1. The topological polar surface area (TPSA) is 55.2 Å². The van der Waals surface area contributed by atoms with Crippen molar-refractivity contribution in [1.82, 2.24) is 9.97 Å². The molecule has 250 valence electrons. The Kier molecular flexibility index (Phi) is 11.1. The first-order valence-electron chi connectivity index (χ1n) is 16.6. The first-order valence-corrected chi connectivity index (χ1v) is 20.8. The fraction of sp³-hybridized carbons (Fsp3) is 0.0909. The van der Waals surface area contributed by atoms with Gasteiger partial charge in [0.05, 0.1) is 0 Å². The third-order valence-electron chi connectivity index (χ3n) is 8.74. The molecule has 7 rings (SSSR count). The summed E-state index contributed by atoms with van der Waals surface area (Å²) in [6, 6.07) is 57.4. The summed E-state index contributed by atoms with van der Waals surface area (Å²) in [5, 5.41) is 11.0. The van der Waals surface area contributed by atoms with Crippen LogP contribution in [0.1, 0.15) is 19.4 Å². The Labute approximate surface area is 311 Å². The molecule has 0 fully saturated rings. The molecular formula is C44H37GeN2O2Pt-. The summed E-state index contributed by atoms with van der Waals surface area (Å²) in [6.07, 6.45) is 2.66. The number of para-hydroxylation sites is 2. The van der Waals surface area contributed by atoms with Crippen LogP contribution in [0.25, 0.3) is 22.5 Å². The van der Waals surface area contributed by atoms with Crippen molar-refractivity contribution in [3.63, 3.8) is 0 Å². The molecule has 7 aromatic rings. The average Bonchev–Trinajstić information content (AvgIpc) is 3.14. The number of phenolic OH excluding ortho intramolecular Hbond substituents is 1. The minimum Gasteiger partial charge on any atom is 0 e. The fourth-order valence-corrected chi connectivity index (χ4v) is 16.0. The average molecular weight is 893 g/mol. The Balaban J connectivity index is 0.00000432. The van der Waals surface area contributed by atoms with Gasteiger partial charge in [0.1, 0.15) is 0 Å². The van der Waals surface area contributed by atoms with Crippen molar-refractivity contribution < 1.29 is 30.9 Å². The van der Waals surface area contributed by atoms with Crippen molar-refractivity contribution in [1.29, 1.82) is 0 Å². The molecule has 4 nitrogen and oxygen atoms in total. The summed E-state index contributed by atoms with van der Waals surface area (Å²) >= 11 is -3.71. The van der Waals surface area contributed by atoms with Crippen LogP contribution in [0.3, 0.4) is 0 Å². The monoisotopic (exact) mass is 894 g/mol. The van der Waals surface area contributed by atoms with E-state index in [9.17, 15) is 5.11 Å². The number of aromatic nitrogens is 2. The first kappa shape index (κ1) is 35.1. The Morgan fingerprint density at radius 3 is 1.92 bits per heavy atom. The molecule has 0 unspecified atom stereocenters. The molecule has 0 bridgehead atoms. The van der Waals surface area contributed by atoms with Crippen LogP contribution in [0.2, 0.25) is 0 Å². The molecule has 0 aliphatic rings. The zero-order valence-corrected chi connectivity index (χ0v) is 32.3. The second-order valence-corrected chi connectivity index (χ2v) is 20.3. The molecule has 0 aliphatic carbocycles. The Morgan fingerprint density at radius 2 is 1.30 bits per heavy atom. The van der Waals surface area contributed by atoms with Gasteiger partial charge in [0.2, 0.25) is 0 Å². The number of hydrogen-bond acceptors (Lipinski definition) is 4. The van der Waals surface area contributed by atoms with Crippen molar-refractivity contribution in [2.75, 3.05) is 0 Å². The van der Waals surface area contributed by atoms with Gasteiger partial charge in [-0.3, -0.25) is 0 Å². The first-order chi connectivity index (χ1) is 24.0. The Bertz CT molecular complexity index is 2070. The minimum atomic E-state index is -3.71. The Hall–Kier alpha value is -4.77. The van der Waals surface area contributed by atoms with E-state index in [2.05, 4.69) is 117 Å². The molecule has 0 saturated heterocycles. The molecule has 1 N–H and O–H groups in total. The van der Waals surface area contributed by atoms with E-state index in [1.165, 1.54) is 8.79 Å². The van der Waals surface area contributed by atoms with Crippen LogP contribution in [0, 0.1) is 12.0 Å². The van der Waals surface area contributed by atoms with Crippen molar-refractivity contribution in [2.24, 2.45) is 5.92 Å². The third kappa shape index (κ3) is 7.10. The van der Waals surface area contributed by atoms with Gasteiger partial charge in [0.15, 0.2) is 0 Å². The van der Waals surface area contributed by atoms with Gasteiger partial charge in [-0.15, -0.1) is 0 Å². The number of nitrogens with zero attached hydrogens (tertiary/aromatic N) is 2. The maximum Gasteiger partial charge on any atom is 0 e. The normalized spacial score (nSPS) is 11.2. The zero-order chi connectivity index (χ0) is 33.6. The van der Waals surface area contributed by atoms with Crippen molar-refractivity contribution in [3.05, 3.63) is 176 Å². The van der Waals surface area contributed by atoms with Crippen molar-refractivity contribution in [2.45, 2.75) is 20.3 Å². The van der Waals surface area contributed by atoms with Gasteiger partial charge in [-0.05, 0) is 0 Å².